The molecular weight excluding hydrogens is 215 g/mol. The molecule has 0 bridgehead atoms. The molecule has 1 aromatic carbocycles. The molecule has 0 N–H and O–H groups in total. The molecule has 0 amide bonds. The minimum Gasteiger partial charge on any atom is -0.497 e. The molecule has 1 aromatic rings. The molecule has 4 nitrogen and oxygen atoms in total. The van der Waals surface area contributed by atoms with Gasteiger partial charge in [-0.3, -0.25) is 4.79 Å². The van der Waals surface area contributed by atoms with E-state index in [9.17, 15) is 14.0 Å². The second-order valence-electron chi connectivity index (χ2n) is 3.09. The van der Waals surface area contributed by atoms with Crippen molar-refractivity contribution >= 4 is 11.8 Å². The lowest BCUT2D eigenvalue weighted by Gasteiger charge is -2.04. The summed E-state index contributed by atoms with van der Waals surface area (Å²) in [5.41, 5.74) is 0.368. The van der Waals surface area contributed by atoms with Gasteiger partial charge >= 0.3 is 5.97 Å². The average molecular weight is 226 g/mol. The monoisotopic (exact) mass is 226 g/mol. The van der Waals surface area contributed by atoms with E-state index in [1.54, 1.807) is 0 Å². The van der Waals surface area contributed by atoms with Crippen LogP contribution in [0.4, 0.5) is 4.39 Å². The summed E-state index contributed by atoms with van der Waals surface area (Å²) in [5.74, 6) is -1.89. The third kappa shape index (κ3) is 3.05. The maximum atomic E-state index is 13.0. The number of ketones is 1. The number of esters is 1. The van der Waals surface area contributed by atoms with Gasteiger partial charge in [0, 0.05) is 12.5 Å². The van der Waals surface area contributed by atoms with Crippen LogP contribution in [0, 0.1) is 5.82 Å². The molecule has 0 unspecified atom stereocenters. The summed E-state index contributed by atoms with van der Waals surface area (Å²) < 4.78 is 22.1. The van der Waals surface area contributed by atoms with E-state index >= 15 is 0 Å². The second-order valence-corrected chi connectivity index (χ2v) is 3.09. The van der Waals surface area contributed by atoms with Gasteiger partial charge in [-0.05, 0) is 17.7 Å². The highest BCUT2D eigenvalue weighted by Gasteiger charge is 2.15. The third-order valence-corrected chi connectivity index (χ3v) is 1.94. The predicted octanol–water partition coefficient (Wildman–Crippen LogP) is 1.12. The van der Waals surface area contributed by atoms with Crippen LogP contribution in [-0.4, -0.2) is 26.0 Å². The molecule has 5 heteroatoms. The fraction of sp³-hybridized carbons (Fsp3) is 0.273. The van der Waals surface area contributed by atoms with Gasteiger partial charge in [-0.2, -0.15) is 0 Å². The Hall–Kier alpha value is -1.91. The quantitative estimate of drug-likeness (QED) is 0.570. The summed E-state index contributed by atoms with van der Waals surface area (Å²) in [7, 11) is 2.51. The highest BCUT2D eigenvalue weighted by Crippen LogP contribution is 2.16. The summed E-state index contributed by atoms with van der Waals surface area (Å²) >= 11 is 0. The number of Topliss-reactive ketones (excluding diaryl/α,β-unsaturated/α-hetero) is 1. The van der Waals surface area contributed by atoms with Crippen molar-refractivity contribution in [3.05, 3.63) is 29.6 Å². The van der Waals surface area contributed by atoms with E-state index in [1.807, 2.05) is 0 Å². The molecule has 16 heavy (non-hydrogen) atoms. The molecule has 0 radical (unpaired) electrons. The van der Waals surface area contributed by atoms with Crippen LogP contribution in [0.1, 0.15) is 5.56 Å². The molecule has 0 fully saturated rings. The number of hydrogen-bond donors (Lipinski definition) is 0. The smallest absolute Gasteiger partial charge is 0.374 e. The summed E-state index contributed by atoms with van der Waals surface area (Å²) in [4.78, 5) is 22.1. The average Bonchev–Trinajstić information content (AvgIpc) is 2.26. The van der Waals surface area contributed by atoms with E-state index < -0.39 is 17.6 Å². The summed E-state index contributed by atoms with van der Waals surface area (Å²) in [6.45, 7) is 0. The Morgan fingerprint density at radius 1 is 1.25 bits per heavy atom. The SMILES string of the molecule is COC(=O)C(=O)Cc1cc(F)cc(OC)c1. The van der Waals surface area contributed by atoms with Crippen LogP contribution in [0.3, 0.4) is 0 Å². The van der Waals surface area contributed by atoms with E-state index in [0.29, 0.717) is 11.3 Å². The first-order valence-corrected chi connectivity index (χ1v) is 4.51. The maximum absolute atomic E-state index is 13.0. The number of methoxy groups -OCH3 is 2. The van der Waals surface area contributed by atoms with E-state index in [1.165, 1.54) is 25.3 Å². The number of carbonyl (C=O) groups excluding carboxylic acids is 2. The molecule has 0 saturated heterocycles. The van der Waals surface area contributed by atoms with Crippen LogP contribution < -0.4 is 4.74 Å². The van der Waals surface area contributed by atoms with Crippen molar-refractivity contribution in [1.82, 2.24) is 0 Å². The Morgan fingerprint density at radius 3 is 2.50 bits per heavy atom. The van der Waals surface area contributed by atoms with Crippen molar-refractivity contribution in [2.75, 3.05) is 14.2 Å². The Kier molecular flexibility index (Phi) is 3.99. The first-order valence-electron chi connectivity index (χ1n) is 4.51. The number of hydrogen-bond acceptors (Lipinski definition) is 4. The van der Waals surface area contributed by atoms with E-state index in [4.69, 9.17) is 4.74 Å². The van der Waals surface area contributed by atoms with Gasteiger partial charge in [0.05, 0.1) is 14.2 Å². The molecule has 0 aliphatic heterocycles. The van der Waals surface area contributed by atoms with Gasteiger partial charge in [0.15, 0.2) is 0 Å². The minimum atomic E-state index is -0.941. The minimum absolute atomic E-state index is 0.208. The highest BCUT2D eigenvalue weighted by atomic mass is 19.1. The third-order valence-electron chi connectivity index (χ3n) is 1.94. The highest BCUT2D eigenvalue weighted by molar-refractivity contribution is 6.34. The number of rotatable bonds is 4. The Bertz CT molecular complexity index is 414. The van der Waals surface area contributed by atoms with Gasteiger partial charge in [0.25, 0.3) is 0 Å². The topological polar surface area (TPSA) is 52.6 Å². The molecule has 0 saturated carbocycles. The van der Waals surface area contributed by atoms with Crippen LogP contribution in [0.5, 0.6) is 5.75 Å². The van der Waals surface area contributed by atoms with Gasteiger partial charge in [-0.15, -0.1) is 0 Å². The van der Waals surface area contributed by atoms with Crippen LogP contribution in [0.15, 0.2) is 18.2 Å². The largest absolute Gasteiger partial charge is 0.497 e. The van der Waals surface area contributed by atoms with Crippen molar-refractivity contribution < 1.29 is 23.5 Å². The van der Waals surface area contributed by atoms with Crippen LogP contribution in [-0.2, 0) is 20.7 Å². The standard InChI is InChI=1S/C11H11FO4/c1-15-9-4-7(3-8(12)6-9)5-10(13)11(14)16-2/h3-4,6H,5H2,1-2H3. The molecule has 0 aromatic heterocycles. The predicted molar refractivity (Wildman–Crippen MR) is 53.7 cm³/mol. The lowest BCUT2D eigenvalue weighted by molar-refractivity contribution is -0.151. The van der Waals surface area contributed by atoms with E-state index in [-0.39, 0.29) is 6.42 Å². The lowest BCUT2D eigenvalue weighted by atomic mass is 10.1. The molecule has 1 rings (SSSR count). The molecule has 0 aliphatic carbocycles. The van der Waals surface area contributed by atoms with Crippen molar-refractivity contribution in [2.45, 2.75) is 6.42 Å². The van der Waals surface area contributed by atoms with Gasteiger partial charge < -0.3 is 9.47 Å². The molecule has 0 atom stereocenters. The molecule has 86 valence electrons. The fourth-order valence-corrected chi connectivity index (χ4v) is 1.21. The summed E-state index contributed by atoms with van der Waals surface area (Å²) in [5, 5.41) is 0. The second kappa shape index (κ2) is 5.25. The van der Waals surface area contributed by atoms with Crippen LogP contribution in [0.25, 0.3) is 0 Å². The number of benzene rings is 1. The van der Waals surface area contributed by atoms with Crippen molar-refractivity contribution in [3.63, 3.8) is 0 Å². The molecule has 0 spiro atoms. The molecule has 0 heterocycles. The number of ether oxygens (including phenoxy) is 2. The zero-order valence-corrected chi connectivity index (χ0v) is 8.95. The van der Waals surface area contributed by atoms with Crippen molar-refractivity contribution in [3.8, 4) is 5.75 Å². The molecule has 0 aliphatic rings. The van der Waals surface area contributed by atoms with Gasteiger partial charge in [0.1, 0.15) is 11.6 Å². The van der Waals surface area contributed by atoms with Gasteiger partial charge in [0.2, 0.25) is 5.78 Å². The maximum Gasteiger partial charge on any atom is 0.374 e. The zero-order chi connectivity index (χ0) is 12.1. The first-order chi connectivity index (χ1) is 7.56. The van der Waals surface area contributed by atoms with Crippen molar-refractivity contribution in [2.24, 2.45) is 0 Å². The number of halogens is 1. The Balaban J connectivity index is 2.85. The molecular formula is C11H11FO4. The Morgan fingerprint density at radius 2 is 1.94 bits per heavy atom. The summed E-state index contributed by atoms with van der Waals surface area (Å²) in [6, 6.07) is 3.85. The van der Waals surface area contributed by atoms with Crippen LogP contribution >= 0.6 is 0 Å². The zero-order valence-electron chi connectivity index (χ0n) is 8.95. The van der Waals surface area contributed by atoms with E-state index in [2.05, 4.69) is 4.74 Å². The first kappa shape index (κ1) is 12.2. The normalized spacial score (nSPS) is 9.69. The lowest BCUT2D eigenvalue weighted by Crippen LogP contribution is -2.17. The summed E-state index contributed by atoms with van der Waals surface area (Å²) in [6.07, 6.45) is -0.208. The Labute approximate surface area is 92.0 Å². The fourth-order valence-electron chi connectivity index (χ4n) is 1.21. The van der Waals surface area contributed by atoms with E-state index in [0.717, 1.165) is 7.11 Å². The number of carbonyl (C=O) groups is 2. The van der Waals surface area contributed by atoms with Crippen LogP contribution in [0.2, 0.25) is 0 Å². The van der Waals surface area contributed by atoms with Gasteiger partial charge in [-0.1, -0.05) is 0 Å². The van der Waals surface area contributed by atoms with Gasteiger partial charge in [-0.25, -0.2) is 9.18 Å². The van der Waals surface area contributed by atoms with Crippen molar-refractivity contribution in [1.29, 1.82) is 0 Å².